The first-order chi connectivity index (χ1) is 10.2. The van der Waals surface area contributed by atoms with E-state index in [1.807, 2.05) is 17.6 Å². The van der Waals surface area contributed by atoms with Crippen molar-refractivity contribution in [1.29, 1.82) is 0 Å². The van der Waals surface area contributed by atoms with Crippen LogP contribution in [0.3, 0.4) is 0 Å². The highest BCUT2D eigenvalue weighted by Gasteiger charge is 2.15. The summed E-state index contributed by atoms with van der Waals surface area (Å²) >= 11 is 5.99. The second-order valence-corrected chi connectivity index (χ2v) is 4.88. The lowest BCUT2D eigenvalue weighted by Crippen LogP contribution is -2.01. The van der Waals surface area contributed by atoms with Gasteiger partial charge in [-0.1, -0.05) is 0 Å². The lowest BCUT2D eigenvalue weighted by Gasteiger charge is -2.09. The van der Waals surface area contributed by atoms with Crippen LogP contribution in [0.2, 0.25) is 0 Å². The number of fused-ring (bicyclic) bond motifs is 1. The number of halogens is 2. The van der Waals surface area contributed by atoms with Crippen LogP contribution in [0.5, 0.6) is 5.75 Å². The molecule has 0 aliphatic rings. The number of nitrogens with zero attached hydrogens (tertiary/aromatic N) is 3. The molecule has 0 atom stereocenters. The van der Waals surface area contributed by atoms with E-state index in [1.165, 1.54) is 13.2 Å². The van der Waals surface area contributed by atoms with E-state index in [1.54, 1.807) is 18.3 Å². The van der Waals surface area contributed by atoms with Gasteiger partial charge < -0.3 is 4.74 Å². The van der Waals surface area contributed by atoms with Crippen molar-refractivity contribution in [3.8, 4) is 11.4 Å². The van der Waals surface area contributed by atoms with Gasteiger partial charge in [0.05, 0.1) is 18.7 Å². The Hall–Kier alpha value is -2.14. The molecule has 1 aromatic carbocycles. The number of benzene rings is 1. The van der Waals surface area contributed by atoms with Crippen molar-refractivity contribution in [1.82, 2.24) is 14.5 Å². The number of methoxy groups -OCH3 is 1. The lowest BCUT2D eigenvalue weighted by molar-refractivity contribution is 0.386. The van der Waals surface area contributed by atoms with Gasteiger partial charge in [-0.2, -0.15) is 0 Å². The molecule has 0 unspecified atom stereocenters. The summed E-state index contributed by atoms with van der Waals surface area (Å²) in [5.41, 5.74) is 3.21. The van der Waals surface area contributed by atoms with Crippen LogP contribution in [0, 0.1) is 12.7 Å². The predicted molar refractivity (Wildman–Crippen MR) is 79.7 cm³/mol. The molecule has 0 fully saturated rings. The Labute approximate surface area is 126 Å². The molecule has 0 saturated heterocycles. The Balaban J connectivity index is 2.31. The summed E-state index contributed by atoms with van der Waals surface area (Å²) in [6, 6.07) is 6.51. The number of hydrogen-bond donors (Lipinski definition) is 0. The number of ether oxygens (including phenoxy) is 1. The third-order valence-electron chi connectivity index (χ3n) is 3.33. The van der Waals surface area contributed by atoms with Gasteiger partial charge in [-0.05, 0) is 30.7 Å². The van der Waals surface area contributed by atoms with Crippen LogP contribution >= 0.6 is 11.6 Å². The zero-order chi connectivity index (χ0) is 15.0. The fourth-order valence-electron chi connectivity index (χ4n) is 2.29. The smallest absolute Gasteiger partial charge is 0.165 e. The van der Waals surface area contributed by atoms with Crippen molar-refractivity contribution in [2.24, 2.45) is 0 Å². The molecule has 21 heavy (non-hydrogen) atoms. The summed E-state index contributed by atoms with van der Waals surface area (Å²) < 4.78 is 20.4. The Morgan fingerprint density at radius 3 is 2.86 bits per heavy atom. The zero-order valence-corrected chi connectivity index (χ0v) is 12.4. The van der Waals surface area contributed by atoms with Crippen molar-refractivity contribution < 1.29 is 9.13 Å². The predicted octanol–water partition coefficient (Wildman–Crippen LogP) is 3.62. The highest BCUT2D eigenvalue weighted by molar-refractivity contribution is 6.17. The van der Waals surface area contributed by atoms with Crippen LogP contribution in [-0.2, 0) is 5.88 Å². The molecule has 0 aliphatic carbocycles. The molecule has 0 spiro atoms. The molecular weight excluding hydrogens is 293 g/mol. The number of aromatic nitrogens is 3. The molecule has 4 nitrogen and oxygen atoms in total. The molecular formula is C15H13ClFN3O. The van der Waals surface area contributed by atoms with E-state index < -0.39 is 5.82 Å². The average Bonchev–Trinajstić information content (AvgIpc) is 2.88. The van der Waals surface area contributed by atoms with Gasteiger partial charge in [-0.25, -0.2) is 14.4 Å². The fraction of sp³-hybridized carbons (Fsp3) is 0.200. The van der Waals surface area contributed by atoms with Crippen molar-refractivity contribution in [2.75, 3.05) is 7.11 Å². The Bertz CT molecular complexity index is 816. The van der Waals surface area contributed by atoms with Gasteiger partial charge in [-0.3, -0.25) is 4.57 Å². The molecule has 108 valence electrons. The van der Waals surface area contributed by atoms with Crippen LogP contribution in [0.25, 0.3) is 16.9 Å². The van der Waals surface area contributed by atoms with Crippen molar-refractivity contribution >= 4 is 22.8 Å². The largest absolute Gasteiger partial charge is 0.494 e. The third kappa shape index (κ3) is 2.23. The van der Waals surface area contributed by atoms with E-state index in [4.69, 9.17) is 16.3 Å². The van der Waals surface area contributed by atoms with Gasteiger partial charge in [0.15, 0.2) is 17.2 Å². The number of aryl methyl sites for hydroxylation is 1. The minimum atomic E-state index is -0.415. The minimum absolute atomic E-state index is 0.169. The average molecular weight is 306 g/mol. The second-order valence-electron chi connectivity index (χ2n) is 4.62. The van der Waals surface area contributed by atoms with Gasteiger partial charge in [0.1, 0.15) is 11.3 Å². The first-order valence-electron chi connectivity index (χ1n) is 6.38. The third-order valence-corrected chi connectivity index (χ3v) is 3.57. The van der Waals surface area contributed by atoms with E-state index in [0.29, 0.717) is 17.2 Å². The summed E-state index contributed by atoms with van der Waals surface area (Å²) in [6.45, 7) is 1.96. The van der Waals surface area contributed by atoms with E-state index in [9.17, 15) is 4.39 Å². The standard InChI is InChI=1S/C15H13ClFN3O/c1-9-5-6-18-15-14(9)19-13(8-16)20(15)10-3-4-11(17)12(7-10)21-2/h3-7H,8H2,1-2H3. The molecule has 6 heteroatoms. The number of rotatable bonds is 3. The van der Waals surface area contributed by atoms with Crippen molar-refractivity contribution in [3.63, 3.8) is 0 Å². The molecule has 2 aromatic heterocycles. The summed E-state index contributed by atoms with van der Waals surface area (Å²) in [6.07, 6.45) is 1.72. The molecule has 0 bridgehead atoms. The number of hydrogen-bond acceptors (Lipinski definition) is 3. The molecule has 3 rings (SSSR count). The first-order valence-corrected chi connectivity index (χ1v) is 6.92. The molecule has 0 saturated carbocycles. The van der Waals surface area contributed by atoms with E-state index >= 15 is 0 Å². The van der Waals surface area contributed by atoms with Crippen molar-refractivity contribution in [2.45, 2.75) is 12.8 Å². The van der Waals surface area contributed by atoms with Crippen LogP contribution in [0.15, 0.2) is 30.5 Å². The molecule has 0 amide bonds. The monoisotopic (exact) mass is 305 g/mol. The van der Waals surface area contributed by atoms with Crippen LogP contribution < -0.4 is 4.74 Å². The quantitative estimate of drug-likeness (QED) is 0.694. The number of pyridine rings is 1. The highest BCUT2D eigenvalue weighted by Crippen LogP contribution is 2.26. The van der Waals surface area contributed by atoms with Crippen LogP contribution in [0.4, 0.5) is 4.39 Å². The maximum Gasteiger partial charge on any atom is 0.165 e. The van der Waals surface area contributed by atoms with Gasteiger partial charge in [0.2, 0.25) is 0 Å². The highest BCUT2D eigenvalue weighted by atomic mass is 35.5. The lowest BCUT2D eigenvalue weighted by atomic mass is 10.2. The molecule has 3 aromatic rings. The maximum absolute atomic E-state index is 13.6. The Morgan fingerprint density at radius 1 is 1.33 bits per heavy atom. The van der Waals surface area contributed by atoms with Gasteiger partial charge in [0, 0.05) is 12.3 Å². The van der Waals surface area contributed by atoms with Gasteiger partial charge >= 0.3 is 0 Å². The van der Waals surface area contributed by atoms with Gasteiger partial charge in [0.25, 0.3) is 0 Å². The number of imidazole rings is 1. The minimum Gasteiger partial charge on any atom is -0.494 e. The fourth-order valence-corrected chi connectivity index (χ4v) is 2.47. The van der Waals surface area contributed by atoms with Crippen LogP contribution in [0.1, 0.15) is 11.4 Å². The molecule has 0 N–H and O–H groups in total. The summed E-state index contributed by atoms with van der Waals surface area (Å²) in [4.78, 5) is 8.89. The molecule has 0 aliphatic heterocycles. The zero-order valence-electron chi connectivity index (χ0n) is 11.6. The second kappa shape index (κ2) is 5.33. The van der Waals surface area contributed by atoms with E-state index in [-0.39, 0.29) is 11.6 Å². The van der Waals surface area contributed by atoms with E-state index in [2.05, 4.69) is 9.97 Å². The summed E-state index contributed by atoms with van der Waals surface area (Å²) in [5.74, 6) is 0.641. The van der Waals surface area contributed by atoms with Crippen LogP contribution in [-0.4, -0.2) is 21.6 Å². The first kappa shape index (κ1) is 13.8. The molecule has 0 radical (unpaired) electrons. The van der Waals surface area contributed by atoms with Gasteiger partial charge in [-0.15, -0.1) is 11.6 Å². The van der Waals surface area contributed by atoms with E-state index in [0.717, 1.165) is 11.1 Å². The molecule has 2 heterocycles. The Kier molecular flexibility index (Phi) is 3.51. The SMILES string of the molecule is COc1cc(-n2c(CCl)nc3c(C)ccnc32)ccc1F. The topological polar surface area (TPSA) is 39.9 Å². The van der Waals surface area contributed by atoms with Crippen molar-refractivity contribution in [3.05, 3.63) is 47.7 Å². The normalized spacial score (nSPS) is 11.0. The maximum atomic E-state index is 13.6. The number of alkyl halides is 1. The summed E-state index contributed by atoms with van der Waals surface area (Å²) in [5, 5.41) is 0. The Morgan fingerprint density at radius 2 is 2.14 bits per heavy atom. The summed E-state index contributed by atoms with van der Waals surface area (Å²) in [7, 11) is 1.43.